The number of rotatable bonds is 4. The van der Waals surface area contributed by atoms with Gasteiger partial charge in [0.05, 0.1) is 12.0 Å². The smallest absolute Gasteiger partial charge is 0.270 e. The Morgan fingerprint density at radius 3 is 2.48 bits per heavy atom. The van der Waals surface area contributed by atoms with Crippen molar-refractivity contribution < 1.29 is 9.66 Å². The summed E-state index contributed by atoms with van der Waals surface area (Å²) >= 11 is 3.35. The highest BCUT2D eigenvalue weighted by Crippen LogP contribution is 2.36. The number of halogens is 1. The summed E-state index contributed by atoms with van der Waals surface area (Å²) in [5, 5.41) is 11.0. The lowest BCUT2D eigenvalue weighted by Gasteiger charge is -2.26. The van der Waals surface area contributed by atoms with Crippen LogP contribution in [-0.2, 0) is 5.41 Å². The molecule has 0 saturated heterocycles. The lowest BCUT2D eigenvalue weighted by Crippen LogP contribution is -2.19. The third kappa shape index (κ3) is 3.24. The molecule has 0 radical (unpaired) electrons. The van der Waals surface area contributed by atoms with E-state index in [-0.39, 0.29) is 16.0 Å². The first-order chi connectivity index (χ1) is 9.84. The van der Waals surface area contributed by atoms with E-state index in [2.05, 4.69) is 15.9 Å². The average Bonchev–Trinajstić information content (AvgIpc) is 2.46. The monoisotopic (exact) mass is 349 g/mol. The van der Waals surface area contributed by atoms with Gasteiger partial charge in [0.1, 0.15) is 5.75 Å². The van der Waals surface area contributed by atoms with Gasteiger partial charge in [0.2, 0.25) is 0 Å². The van der Waals surface area contributed by atoms with Gasteiger partial charge >= 0.3 is 0 Å². The lowest BCUT2D eigenvalue weighted by atomic mass is 9.78. The number of hydrogen-bond acceptors (Lipinski definition) is 3. The molecular formula is C16H16BrNO3. The fourth-order valence-electron chi connectivity index (χ4n) is 2.22. The van der Waals surface area contributed by atoms with E-state index in [1.165, 1.54) is 6.07 Å². The number of benzene rings is 2. The maximum absolute atomic E-state index is 11.0. The maximum Gasteiger partial charge on any atom is 0.270 e. The van der Waals surface area contributed by atoms with Crippen molar-refractivity contribution in [2.45, 2.75) is 19.3 Å². The molecule has 0 saturated carbocycles. The molecule has 0 amide bonds. The largest absolute Gasteiger partial charge is 0.497 e. The van der Waals surface area contributed by atoms with Gasteiger partial charge in [-0.05, 0) is 29.3 Å². The molecule has 0 aliphatic heterocycles. The molecule has 0 heterocycles. The number of ether oxygens (including phenoxy) is 1. The topological polar surface area (TPSA) is 52.4 Å². The minimum Gasteiger partial charge on any atom is -0.497 e. The third-order valence-corrected chi connectivity index (χ3v) is 4.06. The van der Waals surface area contributed by atoms with Crippen molar-refractivity contribution >= 4 is 21.6 Å². The number of hydrogen-bond donors (Lipinski definition) is 0. The van der Waals surface area contributed by atoms with E-state index in [0.29, 0.717) is 4.47 Å². The van der Waals surface area contributed by atoms with Crippen molar-refractivity contribution in [3.63, 3.8) is 0 Å². The summed E-state index contributed by atoms with van der Waals surface area (Å²) in [5.74, 6) is 0.769. The molecule has 0 unspecified atom stereocenters. The number of nitrogens with zero attached hydrogens (tertiary/aromatic N) is 1. The van der Waals surface area contributed by atoms with Crippen molar-refractivity contribution in [2.75, 3.05) is 7.11 Å². The van der Waals surface area contributed by atoms with Crippen LogP contribution >= 0.6 is 15.9 Å². The molecule has 2 aromatic rings. The Kier molecular flexibility index (Phi) is 4.32. The molecular weight excluding hydrogens is 334 g/mol. The summed E-state index contributed by atoms with van der Waals surface area (Å²) in [6.07, 6.45) is 0. The highest BCUT2D eigenvalue weighted by atomic mass is 79.9. The van der Waals surface area contributed by atoms with Gasteiger partial charge in [0.25, 0.3) is 5.69 Å². The molecule has 0 aliphatic rings. The van der Waals surface area contributed by atoms with E-state index >= 15 is 0 Å². The van der Waals surface area contributed by atoms with Gasteiger partial charge < -0.3 is 4.74 Å². The number of non-ortho nitro benzene ring substituents is 1. The Morgan fingerprint density at radius 1 is 1.14 bits per heavy atom. The second kappa shape index (κ2) is 5.85. The molecule has 0 fully saturated rings. The van der Waals surface area contributed by atoms with Crippen molar-refractivity contribution in [2.24, 2.45) is 0 Å². The van der Waals surface area contributed by atoms with Crippen LogP contribution in [0.15, 0.2) is 46.9 Å². The summed E-state index contributed by atoms with van der Waals surface area (Å²) in [6.45, 7) is 4.07. The van der Waals surface area contributed by atoms with Crippen LogP contribution in [0.2, 0.25) is 0 Å². The highest BCUT2D eigenvalue weighted by Gasteiger charge is 2.26. The molecule has 2 rings (SSSR count). The van der Waals surface area contributed by atoms with Crippen LogP contribution < -0.4 is 4.74 Å². The van der Waals surface area contributed by atoms with Gasteiger partial charge in [-0.3, -0.25) is 10.1 Å². The van der Waals surface area contributed by atoms with Crippen LogP contribution in [0.25, 0.3) is 0 Å². The number of methoxy groups -OCH3 is 1. The standard InChI is InChI=1S/C16H16BrNO3/c1-16(2,11-5-4-6-15(9-11)21-3)12-7-13(17)10-14(8-12)18(19)20/h4-10H,1-3H3. The van der Waals surface area contributed by atoms with Crippen molar-refractivity contribution in [3.05, 3.63) is 68.2 Å². The van der Waals surface area contributed by atoms with E-state index in [0.717, 1.165) is 16.9 Å². The predicted octanol–water partition coefficient (Wildman–Crippen LogP) is 4.69. The third-order valence-electron chi connectivity index (χ3n) is 3.61. The van der Waals surface area contributed by atoms with Gasteiger partial charge in [0.15, 0.2) is 0 Å². The van der Waals surface area contributed by atoms with E-state index in [4.69, 9.17) is 4.74 Å². The number of nitro groups is 1. The summed E-state index contributed by atoms with van der Waals surface area (Å²) in [7, 11) is 1.62. The van der Waals surface area contributed by atoms with Crippen LogP contribution in [0.3, 0.4) is 0 Å². The first-order valence-corrected chi connectivity index (χ1v) is 7.24. The van der Waals surface area contributed by atoms with E-state index in [1.807, 2.05) is 44.2 Å². The summed E-state index contributed by atoms with van der Waals surface area (Å²) in [4.78, 5) is 10.7. The Bertz CT molecular complexity index is 683. The molecule has 2 aromatic carbocycles. The second-order valence-electron chi connectivity index (χ2n) is 5.31. The quantitative estimate of drug-likeness (QED) is 0.594. The van der Waals surface area contributed by atoms with Crippen LogP contribution in [0.5, 0.6) is 5.75 Å². The van der Waals surface area contributed by atoms with Gasteiger partial charge in [-0.2, -0.15) is 0 Å². The minimum atomic E-state index is -0.379. The number of nitro benzene ring substituents is 1. The van der Waals surface area contributed by atoms with E-state index < -0.39 is 0 Å². The Balaban J connectivity index is 2.54. The van der Waals surface area contributed by atoms with Crippen LogP contribution in [-0.4, -0.2) is 12.0 Å². The lowest BCUT2D eigenvalue weighted by molar-refractivity contribution is -0.385. The molecule has 0 N–H and O–H groups in total. The van der Waals surface area contributed by atoms with E-state index in [9.17, 15) is 10.1 Å². The average molecular weight is 350 g/mol. The van der Waals surface area contributed by atoms with Gasteiger partial charge in [-0.25, -0.2) is 0 Å². The normalized spacial score (nSPS) is 11.2. The molecule has 4 nitrogen and oxygen atoms in total. The molecule has 0 spiro atoms. The van der Waals surface area contributed by atoms with Crippen molar-refractivity contribution in [1.29, 1.82) is 0 Å². The molecule has 5 heteroatoms. The predicted molar refractivity (Wildman–Crippen MR) is 85.9 cm³/mol. The van der Waals surface area contributed by atoms with Crippen molar-refractivity contribution in [3.8, 4) is 5.75 Å². The van der Waals surface area contributed by atoms with Gasteiger partial charge in [-0.1, -0.05) is 41.9 Å². The summed E-state index contributed by atoms with van der Waals surface area (Å²) in [6, 6.07) is 12.8. The fraction of sp³-hybridized carbons (Fsp3) is 0.250. The Morgan fingerprint density at radius 2 is 1.86 bits per heavy atom. The summed E-state index contributed by atoms with van der Waals surface area (Å²) < 4.78 is 5.95. The minimum absolute atomic E-state index is 0.0790. The Hall–Kier alpha value is -1.88. The van der Waals surface area contributed by atoms with Crippen LogP contribution in [0.1, 0.15) is 25.0 Å². The second-order valence-corrected chi connectivity index (χ2v) is 6.23. The molecule has 0 bridgehead atoms. The molecule has 0 aliphatic carbocycles. The highest BCUT2D eigenvalue weighted by molar-refractivity contribution is 9.10. The molecule has 0 aromatic heterocycles. The molecule has 110 valence electrons. The van der Waals surface area contributed by atoms with Crippen LogP contribution in [0, 0.1) is 10.1 Å². The molecule has 0 atom stereocenters. The molecule has 21 heavy (non-hydrogen) atoms. The SMILES string of the molecule is COc1cccc(C(C)(C)c2cc(Br)cc([N+](=O)[O-])c2)c1. The van der Waals surface area contributed by atoms with Gasteiger partial charge in [-0.15, -0.1) is 0 Å². The zero-order valence-corrected chi connectivity index (χ0v) is 13.7. The Labute approximate surface area is 132 Å². The first-order valence-electron chi connectivity index (χ1n) is 6.44. The summed E-state index contributed by atoms with van der Waals surface area (Å²) in [5.41, 5.74) is 1.62. The first kappa shape index (κ1) is 15.5. The van der Waals surface area contributed by atoms with Crippen LogP contribution in [0.4, 0.5) is 5.69 Å². The van der Waals surface area contributed by atoms with Crippen molar-refractivity contribution in [1.82, 2.24) is 0 Å². The zero-order valence-electron chi connectivity index (χ0n) is 12.1. The fourth-order valence-corrected chi connectivity index (χ4v) is 2.70. The van der Waals surface area contributed by atoms with Gasteiger partial charge in [0, 0.05) is 22.0 Å². The maximum atomic E-state index is 11.0. The zero-order chi connectivity index (χ0) is 15.6. The van der Waals surface area contributed by atoms with E-state index in [1.54, 1.807) is 13.2 Å².